The molecule has 8 aliphatic rings. The summed E-state index contributed by atoms with van der Waals surface area (Å²) in [7, 11) is 0. The predicted octanol–water partition coefficient (Wildman–Crippen LogP) is -9.99. The number of carboxylic acid groups (broad SMARTS) is 1. The molecule has 0 bridgehead atoms. The summed E-state index contributed by atoms with van der Waals surface area (Å²) in [5.41, 5.74) is 3.33. The molecular formula is C37H59NO29. The van der Waals surface area contributed by atoms with E-state index >= 15 is 0 Å². The van der Waals surface area contributed by atoms with Crippen molar-refractivity contribution in [2.24, 2.45) is 5.73 Å². The quantitative estimate of drug-likeness (QED) is 0.0375. The second-order valence-corrected chi connectivity index (χ2v) is 17.3. The van der Waals surface area contributed by atoms with Gasteiger partial charge in [-0.15, -0.1) is 0 Å². The fourth-order valence-corrected chi connectivity index (χ4v) is 8.36. The third kappa shape index (κ3) is 11.1. The third-order valence-electron chi connectivity index (χ3n) is 12.5. The first-order chi connectivity index (χ1) is 31.8. The zero-order valence-electron chi connectivity index (χ0n) is 35.5. The highest BCUT2D eigenvalue weighted by molar-refractivity contribution is 5.73. The summed E-state index contributed by atoms with van der Waals surface area (Å²) in [6.45, 7) is -0.954. The minimum absolute atomic E-state index is 0.0123. The van der Waals surface area contributed by atoms with Crippen molar-refractivity contribution < 1.29 is 142 Å². The zero-order chi connectivity index (χ0) is 48.2. The second kappa shape index (κ2) is 21.2. The summed E-state index contributed by atoms with van der Waals surface area (Å²) in [6, 6.07) is 0. The molecule has 67 heavy (non-hydrogen) atoms. The van der Waals surface area contributed by atoms with E-state index in [1.54, 1.807) is 0 Å². The molecule has 386 valence electrons. The Morgan fingerprint density at radius 3 is 2.01 bits per heavy atom. The second-order valence-electron chi connectivity index (χ2n) is 17.3. The number of aliphatic carboxylic acids is 1. The van der Waals surface area contributed by atoms with Crippen LogP contribution >= 0.6 is 0 Å². The molecule has 0 amide bonds. The molecule has 0 spiro atoms. The van der Waals surface area contributed by atoms with Gasteiger partial charge >= 0.3 is 5.97 Å². The fourth-order valence-electron chi connectivity index (χ4n) is 8.36. The van der Waals surface area contributed by atoms with Gasteiger partial charge in [-0.05, 0) is 6.92 Å². The van der Waals surface area contributed by atoms with Crippen LogP contribution < -0.4 is 5.73 Å². The summed E-state index contributed by atoms with van der Waals surface area (Å²) < 4.78 is 83.8. The van der Waals surface area contributed by atoms with Crippen LogP contribution in [0, 0.1) is 0 Å². The summed E-state index contributed by atoms with van der Waals surface area (Å²) in [5, 5.41) is 136. The highest BCUT2D eigenvalue weighted by atomic mass is 16.9. The maximum atomic E-state index is 11.4. The smallest absolute Gasteiger partial charge is 0.335 e. The van der Waals surface area contributed by atoms with Crippen LogP contribution in [-0.4, -0.2) is 284 Å². The summed E-state index contributed by atoms with van der Waals surface area (Å²) in [6.07, 6.45) is -39.5. The Morgan fingerprint density at radius 1 is 0.642 bits per heavy atom. The van der Waals surface area contributed by atoms with E-state index in [0.29, 0.717) is 0 Å². The molecule has 0 aromatic rings. The number of carbonyl (C=O) groups is 1. The van der Waals surface area contributed by atoms with Crippen molar-refractivity contribution in [3.8, 4) is 0 Å². The molecule has 16 unspecified atom stereocenters. The summed E-state index contributed by atoms with van der Waals surface area (Å²) in [5.74, 6) is -1.65. The molecule has 30 nitrogen and oxygen atoms in total. The van der Waals surface area contributed by atoms with Crippen molar-refractivity contribution in [2.75, 3.05) is 39.6 Å². The number of aliphatic hydroxyl groups excluding tert-OH is 11. The van der Waals surface area contributed by atoms with Gasteiger partial charge in [0.05, 0.1) is 32.5 Å². The lowest BCUT2D eigenvalue weighted by Gasteiger charge is -2.44. The van der Waals surface area contributed by atoms with Crippen LogP contribution in [0.4, 0.5) is 0 Å². The Kier molecular flexibility index (Phi) is 16.4. The Morgan fingerprint density at radius 2 is 1.30 bits per heavy atom. The average molecular weight is 982 g/mol. The zero-order valence-corrected chi connectivity index (χ0v) is 35.5. The van der Waals surface area contributed by atoms with Gasteiger partial charge in [0.25, 0.3) is 0 Å². The van der Waals surface area contributed by atoms with Crippen LogP contribution in [-0.2, 0) is 75.8 Å². The molecule has 0 aromatic heterocycles. The van der Waals surface area contributed by atoms with Gasteiger partial charge in [0.15, 0.2) is 62.7 Å². The molecule has 8 rings (SSSR count). The van der Waals surface area contributed by atoms with Gasteiger partial charge < -0.3 is 143 Å². The minimum atomic E-state index is -2.22. The Hall–Kier alpha value is -1.65. The van der Waals surface area contributed by atoms with Crippen molar-refractivity contribution in [3.05, 3.63) is 0 Å². The molecule has 0 aliphatic carbocycles. The molecule has 8 aliphatic heterocycles. The number of nitrogens with two attached hydrogens (primary N) is 1. The van der Waals surface area contributed by atoms with E-state index in [9.17, 15) is 71.2 Å². The number of epoxide rings is 3. The van der Waals surface area contributed by atoms with Crippen molar-refractivity contribution >= 4 is 5.97 Å². The van der Waals surface area contributed by atoms with E-state index in [4.69, 9.17) is 76.8 Å². The van der Waals surface area contributed by atoms with Gasteiger partial charge in [0.2, 0.25) is 0 Å². The normalized spacial score (nSPS) is 51.3. The standard InChI is InChI=1S/C37H59NO29/c1-9(57-32-17(45)14(42)22(10(6-39)58-32)62-33-18(46)15(43)25-35(64-25)67-33)21-34(61-21)60-11(59-23-19(47)31(54-5-3-38)66-36-26(23)65-36)7-55-29-20(48)27(49)37(52,8-56-29)2-4-53-30-16(44)12(40)13(41)24(63-30)28(50)51/h9-27,29-36,39-49,52H,2-8,38H2,1H3,(H,50,51)/t9?,10?,11?,12?,13-,14?,15?,16?,17?,18?,19-,20?,21+,22+,23?,24?,25+,26+,27?,29-,30-,31+,32+,33-,34?,35?,36?,37+/m0/s1. The van der Waals surface area contributed by atoms with Crippen LogP contribution in [0.5, 0.6) is 0 Å². The largest absolute Gasteiger partial charge is 0.479 e. The Bertz CT molecular complexity index is 1640. The van der Waals surface area contributed by atoms with Crippen molar-refractivity contribution in [2.45, 2.75) is 185 Å². The topological polar surface area (TPSA) is 454 Å². The number of carboxylic acids is 1. The molecule has 15 N–H and O–H groups in total. The average Bonchev–Trinajstić information content (AvgIpc) is 4.21. The summed E-state index contributed by atoms with van der Waals surface area (Å²) >= 11 is 0. The lowest BCUT2D eigenvalue weighted by molar-refractivity contribution is -0.348. The molecule has 8 heterocycles. The van der Waals surface area contributed by atoms with Gasteiger partial charge in [0.1, 0.15) is 110 Å². The molecule has 0 aromatic carbocycles. The number of hydrogen-bond donors (Lipinski definition) is 14. The first kappa shape index (κ1) is 51.7. The molecule has 30 heteroatoms. The lowest BCUT2D eigenvalue weighted by Crippen LogP contribution is -2.63. The Labute approximate surface area is 378 Å². The van der Waals surface area contributed by atoms with Crippen LogP contribution in [0.2, 0.25) is 0 Å². The number of aliphatic hydroxyl groups is 12. The number of hydrogen-bond acceptors (Lipinski definition) is 29. The highest BCUT2D eigenvalue weighted by Crippen LogP contribution is 2.41. The van der Waals surface area contributed by atoms with Crippen LogP contribution in [0.3, 0.4) is 0 Å². The Balaban J connectivity index is 0.861. The van der Waals surface area contributed by atoms with E-state index in [0.717, 1.165) is 0 Å². The highest BCUT2D eigenvalue weighted by Gasteiger charge is 2.61. The predicted molar refractivity (Wildman–Crippen MR) is 199 cm³/mol. The van der Waals surface area contributed by atoms with E-state index in [1.165, 1.54) is 6.92 Å². The van der Waals surface area contributed by atoms with Gasteiger partial charge in [0, 0.05) is 13.0 Å². The molecule has 0 radical (unpaired) electrons. The van der Waals surface area contributed by atoms with Gasteiger partial charge in [-0.3, -0.25) is 0 Å². The monoisotopic (exact) mass is 981 g/mol. The van der Waals surface area contributed by atoms with E-state index in [1.807, 2.05) is 0 Å². The van der Waals surface area contributed by atoms with Crippen LogP contribution in [0.25, 0.3) is 0 Å². The molecule has 28 atom stereocenters. The van der Waals surface area contributed by atoms with Crippen LogP contribution in [0.1, 0.15) is 13.3 Å². The van der Waals surface area contributed by atoms with Gasteiger partial charge in [-0.2, -0.15) is 0 Å². The third-order valence-corrected chi connectivity index (χ3v) is 12.5. The van der Waals surface area contributed by atoms with Crippen molar-refractivity contribution in [1.82, 2.24) is 0 Å². The van der Waals surface area contributed by atoms with E-state index in [2.05, 4.69) is 0 Å². The van der Waals surface area contributed by atoms with E-state index in [-0.39, 0.29) is 13.2 Å². The number of fused-ring (bicyclic) bond motifs is 2. The van der Waals surface area contributed by atoms with Crippen molar-refractivity contribution in [3.63, 3.8) is 0 Å². The van der Waals surface area contributed by atoms with Gasteiger partial charge in [-0.1, -0.05) is 0 Å². The molecular weight excluding hydrogens is 922 g/mol. The first-order valence-corrected chi connectivity index (χ1v) is 21.6. The maximum Gasteiger partial charge on any atom is 0.335 e. The molecule has 8 fully saturated rings. The first-order valence-electron chi connectivity index (χ1n) is 21.6. The SMILES string of the molecule is CC(O[C@@H]1OC(CO)[C@@H](O[C@H]2OC3O[C@@H]3C(O)C2O)C(O)C1O)[C@H]1OC1OC(CO[C@H]1OC[C@](O)(CCO[C@H]2OC(C(=O)O)[C@@H](O)C(O)C2O)C(O)C1O)OC1[C@H]2OC2O[C@@H](OCCN)[C@H]1O. The van der Waals surface area contributed by atoms with E-state index < -0.39 is 211 Å². The molecule has 0 saturated carbocycles. The number of rotatable bonds is 21. The maximum absolute atomic E-state index is 11.4. The molecule has 8 saturated heterocycles. The number of ether oxygens (including phenoxy) is 15. The van der Waals surface area contributed by atoms with Gasteiger partial charge in [-0.25, -0.2) is 4.79 Å². The minimum Gasteiger partial charge on any atom is -0.479 e. The van der Waals surface area contributed by atoms with Crippen molar-refractivity contribution in [1.29, 1.82) is 0 Å². The lowest BCUT2D eigenvalue weighted by atomic mass is 9.88. The summed E-state index contributed by atoms with van der Waals surface area (Å²) in [4.78, 5) is 11.4. The van der Waals surface area contributed by atoms with Crippen LogP contribution in [0.15, 0.2) is 0 Å². The fraction of sp³-hybridized carbons (Fsp3) is 0.973.